The van der Waals surface area contributed by atoms with Crippen molar-refractivity contribution in [2.45, 2.75) is 25.6 Å². The number of ether oxygens (including phenoxy) is 3. The zero-order valence-corrected chi connectivity index (χ0v) is 18.2. The maximum atomic E-state index is 6.51. The predicted molar refractivity (Wildman–Crippen MR) is 121 cm³/mol. The largest absolute Gasteiger partial charge is 0.497 e. The summed E-state index contributed by atoms with van der Waals surface area (Å²) in [5, 5.41) is 7.71. The molecule has 0 N–H and O–H groups in total. The average Bonchev–Trinajstić information content (AvgIpc) is 3.25. The first-order valence-electron chi connectivity index (χ1n) is 10.4. The van der Waals surface area contributed by atoms with Gasteiger partial charge in [0.1, 0.15) is 5.75 Å². The predicted octanol–water partition coefficient (Wildman–Crippen LogP) is 5.99. The number of nitrogens with zero attached hydrogens (tertiary/aromatic N) is 2. The van der Waals surface area contributed by atoms with Crippen molar-refractivity contribution < 1.29 is 14.2 Å². The highest BCUT2D eigenvalue weighted by molar-refractivity contribution is 6.30. The third-order valence-electron chi connectivity index (χ3n) is 5.62. The molecule has 2 aliphatic rings. The third kappa shape index (κ3) is 3.59. The number of hydrazone groups is 1. The summed E-state index contributed by atoms with van der Waals surface area (Å²) in [6.07, 6.45) is 0.358. The molecule has 0 spiro atoms. The smallest absolute Gasteiger partial charge is 0.214 e. The maximum absolute atomic E-state index is 6.51. The number of hydrogen-bond donors (Lipinski definition) is 0. The molecule has 2 atom stereocenters. The molecule has 0 aromatic heterocycles. The summed E-state index contributed by atoms with van der Waals surface area (Å²) in [5.41, 5.74) is 4.06. The van der Waals surface area contributed by atoms with Crippen molar-refractivity contribution in [2.75, 3.05) is 13.7 Å². The second-order valence-corrected chi connectivity index (χ2v) is 7.95. The monoisotopic (exact) mass is 434 g/mol. The molecule has 5 rings (SSSR count). The molecule has 31 heavy (non-hydrogen) atoms. The lowest BCUT2D eigenvalue weighted by molar-refractivity contribution is -0.0212. The van der Waals surface area contributed by atoms with Gasteiger partial charge in [-0.25, -0.2) is 5.01 Å². The molecule has 3 aromatic carbocycles. The van der Waals surface area contributed by atoms with E-state index in [0.717, 1.165) is 46.1 Å². The highest BCUT2D eigenvalue weighted by atomic mass is 35.5. The van der Waals surface area contributed by atoms with Gasteiger partial charge in [-0.2, -0.15) is 5.10 Å². The fourth-order valence-electron chi connectivity index (χ4n) is 4.21. The molecule has 0 unspecified atom stereocenters. The van der Waals surface area contributed by atoms with Crippen LogP contribution in [0.1, 0.15) is 42.3 Å². The Bertz CT molecular complexity index is 1150. The van der Waals surface area contributed by atoms with Gasteiger partial charge in [0.15, 0.2) is 11.5 Å². The first-order chi connectivity index (χ1) is 15.2. The maximum Gasteiger partial charge on any atom is 0.214 e. The summed E-state index contributed by atoms with van der Waals surface area (Å²) in [6, 6.07) is 21.8. The Kier molecular flexibility index (Phi) is 5.20. The van der Waals surface area contributed by atoms with Crippen LogP contribution in [-0.2, 0) is 0 Å². The molecule has 158 valence electrons. The average molecular weight is 435 g/mol. The molecule has 0 aliphatic carbocycles. The van der Waals surface area contributed by atoms with Gasteiger partial charge in [0.2, 0.25) is 6.23 Å². The summed E-state index contributed by atoms with van der Waals surface area (Å²) in [4.78, 5) is 0. The van der Waals surface area contributed by atoms with E-state index in [-0.39, 0.29) is 6.04 Å². The van der Waals surface area contributed by atoms with Crippen LogP contribution in [0, 0.1) is 0 Å². The molecule has 2 heterocycles. The van der Waals surface area contributed by atoms with E-state index >= 15 is 0 Å². The van der Waals surface area contributed by atoms with Crippen LogP contribution in [0.25, 0.3) is 0 Å². The minimum Gasteiger partial charge on any atom is -0.497 e. The Morgan fingerprint density at radius 2 is 1.94 bits per heavy atom. The number of halogens is 1. The first kappa shape index (κ1) is 19.8. The van der Waals surface area contributed by atoms with E-state index in [1.54, 1.807) is 7.11 Å². The zero-order chi connectivity index (χ0) is 21.4. The van der Waals surface area contributed by atoms with E-state index in [1.165, 1.54) is 0 Å². The van der Waals surface area contributed by atoms with E-state index in [2.05, 4.69) is 12.1 Å². The molecular formula is C25H23ClN2O3. The van der Waals surface area contributed by atoms with Crippen molar-refractivity contribution in [1.82, 2.24) is 5.01 Å². The van der Waals surface area contributed by atoms with E-state index in [1.807, 2.05) is 66.5 Å². The van der Waals surface area contributed by atoms with E-state index < -0.39 is 6.23 Å². The van der Waals surface area contributed by atoms with Gasteiger partial charge < -0.3 is 14.2 Å². The van der Waals surface area contributed by atoms with E-state index in [9.17, 15) is 0 Å². The number of para-hydroxylation sites is 1. The molecule has 0 bridgehead atoms. The van der Waals surface area contributed by atoms with Crippen LogP contribution in [0.15, 0.2) is 71.8 Å². The minimum absolute atomic E-state index is 0.0364. The normalized spacial score (nSPS) is 19.2. The van der Waals surface area contributed by atoms with Gasteiger partial charge in [-0.15, -0.1) is 0 Å². The van der Waals surface area contributed by atoms with Crippen molar-refractivity contribution in [1.29, 1.82) is 0 Å². The fraction of sp³-hybridized carbons (Fsp3) is 0.240. The van der Waals surface area contributed by atoms with E-state index in [4.69, 9.17) is 30.9 Å². The Balaban J connectivity index is 1.61. The van der Waals surface area contributed by atoms with Crippen LogP contribution in [0.2, 0.25) is 5.02 Å². The fourth-order valence-corrected chi connectivity index (χ4v) is 4.41. The van der Waals surface area contributed by atoms with Gasteiger partial charge in [-0.3, -0.25) is 0 Å². The van der Waals surface area contributed by atoms with Gasteiger partial charge in [-0.05, 0) is 37.3 Å². The van der Waals surface area contributed by atoms with Crippen LogP contribution < -0.4 is 14.2 Å². The van der Waals surface area contributed by atoms with Gasteiger partial charge in [-0.1, -0.05) is 48.0 Å². The summed E-state index contributed by atoms with van der Waals surface area (Å²) in [6.45, 7) is 2.55. The highest BCUT2D eigenvalue weighted by Gasteiger charge is 2.42. The number of fused-ring (bicyclic) bond motifs is 3. The van der Waals surface area contributed by atoms with Crippen LogP contribution in [0.4, 0.5) is 0 Å². The lowest BCUT2D eigenvalue weighted by atomic mass is 9.95. The molecule has 5 nitrogen and oxygen atoms in total. The Morgan fingerprint density at radius 1 is 1.10 bits per heavy atom. The lowest BCUT2D eigenvalue weighted by Crippen LogP contribution is -2.33. The van der Waals surface area contributed by atoms with Crippen LogP contribution in [0.3, 0.4) is 0 Å². The second kappa shape index (κ2) is 8.16. The number of rotatable bonds is 5. The highest BCUT2D eigenvalue weighted by Crippen LogP contribution is 2.50. The van der Waals surface area contributed by atoms with E-state index in [0.29, 0.717) is 11.6 Å². The van der Waals surface area contributed by atoms with Gasteiger partial charge in [0, 0.05) is 28.1 Å². The van der Waals surface area contributed by atoms with Crippen LogP contribution >= 0.6 is 11.6 Å². The molecule has 2 aliphatic heterocycles. The topological polar surface area (TPSA) is 43.3 Å². The SMILES string of the molecule is CCOc1cccc2c1O[C@H](c1cccc(Cl)c1)N1N=C(c3cccc(OC)c3)C[C@@H]21. The Hall–Kier alpha value is -3.18. The van der Waals surface area contributed by atoms with Gasteiger partial charge in [0.25, 0.3) is 0 Å². The van der Waals surface area contributed by atoms with Crippen molar-refractivity contribution >= 4 is 17.3 Å². The summed E-state index contributed by atoms with van der Waals surface area (Å²) < 4.78 is 17.8. The molecule has 0 saturated carbocycles. The van der Waals surface area contributed by atoms with Crippen molar-refractivity contribution in [3.8, 4) is 17.2 Å². The Morgan fingerprint density at radius 3 is 2.74 bits per heavy atom. The molecule has 3 aromatic rings. The zero-order valence-electron chi connectivity index (χ0n) is 17.4. The number of methoxy groups -OCH3 is 1. The molecule has 0 saturated heterocycles. The molecule has 6 heteroatoms. The quantitative estimate of drug-likeness (QED) is 0.494. The Labute approximate surface area is 186 Å². The minimum atomic E-state index is -0.402. The second-order valence-electron chi connectivity index (χ2n) is 7.51. The summed E-state index contributed by atoms with van der Waals surface area (Å²) >= 11 is 6.30. The summed E-state index contributed by atoms with van der Waals surface area (Å²) in [7, 11) is 1.67. The van der Waals surface area contributed by atoms with Crippen molar-refractivity contribution in [3.05, 3.63) is 88.4 Å². The van der Waals surface area contributed by atoms with Gasteiger partial charge >= 0.3 is 0 Å². The van der Waals surface area contributed by atoms with Crippen LogP contribution in [0.5, 0.6) is 17.2 Å². The molecular weight excluding hydrogens is 412 g/mol. The molecule has 0 amide bonds. The lowest BCUT2D eigenvalue weighted by Gasteiger charge is -2.38. The van der Waals surface area contributed by atoms with Crippen molar-refractivity contribution in [2.24, 2.45) is 5.10 Å². The number of hydrogen-bond acceptors (Lipinski definition) is 5. The first-order valence-corrected chi connectivity index (χ1v) is 10.7. The number of benzene rings is 3. The molecule has 0 fully saturated rings. The molecule has 0 radical (unpaired) electrons. The van der Waals surface area contributed by atoms with Crippen LogP contribution in [-0.4, -0.2) is 24.4 Å². The third-order valence-corrected chi connectivity index (χ3v) is 5.85. The standard InChI is InChI=1S/C25H23ClN2O3/c1-3-30-23-12-6-11-20-22-15-21(16-7-5-10-19(14-16)29-2)27-28(22)25(31-24(20)23)17-8-4-9-18(26)13-17/h4-14,22,25H,3,15H2,1-2H3/t22-,25+/m0/s1. The van der Waals surface area contributed by atoms with Crippen molar-refractivity contribution in [3.63, 3.8) is 0 Å². The summed E-state index contributed by atoms with van der Waals surface area (Å²) in [5.74, 6) is 2.34. The van der Waals surface area contributed by atoms with Gasteiger partial charge in [0.05, 0.1) is 25.5 Å².